The van der Waals surface area contributed by atoms with Crippen molar-refractivity contribution < 1.29 is 4.74 Å². The zero-order valence-electron chi connectivity index (χ0n) is 11.1. The Morgan fingerprint density at radius 2 is 1.84 bits per heavy atom. The molecule has 0 unspecified atom stereocenters. The van der Waals surface area contributed by atoms with Crippen LogP contribution in [0.3, 0.4) is 0 Å². The van der Waals surface area contributed by atoms with E-state index in [2.05, 4.69) is 4.90 Å². The first-order valence-corrected chi connectivity index (χ1v) is 6.37. The van der Waals surface area contributed by atoms with E-state index in [1.54, 1.807) is 13.2 Å². The van der Waals surface area contributed by atoms with Crippen molar-refractivity contribution >= 4 is 23.0 Å². The van der Waals surface area contributed by atoms with Gasteiger partial charge in [-0.1, -0.05) is 17.7 Å². The van der Waals surface area contributed by atoms with Crippen LogP contribution in [0.4, 0.5) is 11.4 Å². The molecule has 0 aliphatic carbocycles. The number of hydrogen-bond donors (Lipinski definition) is 1. The number of nitrogens with zero attached hydrogens (tertiary/aromatic N) is 1. The van der Waals surface area contributed by atoms with Gasteiger partial charge in [0, 0.05) is 30.0 Å². The number of benzene rings is 2. The monoisotopic (exact) mass is 276 g/mol. The number of halogens is 1. The fourth-order valence-electron chi connectivity index (χ4n) is 1.89. The molecule has 0 aromatic heterocycles. The summed E-state index contributed by atoms with van der Waals surface area (Å²) in [6.45, 7) is 0.731. The molecule has 2 rings (SSSR count). The van der Waals surface area contributed by atoms with Crippen LogP contribution in [0.2, 0.25) is 5.02 Å². The molecule has 0 heterocycles. The van der Waals surface area contributed by atoms with Crippen LogP contribution < -0.4 is 15.4 Å². The lowest BCUT2D eigenvalue weighted by Crippen LogP contribution is -2.17. The topological polar surface area (TPSA) is 38.5 Å². The van der Waals surface area contributed by atoms with Crippen LogP contribution in [-0.4, -0.2) is 14.2 Å². The molecule has 0 amide bonds. The average molecular weight is 277 g/mol. The second kappa shape index (κ2) is 5.85. The van der Waals surface area contributed by atoms with Crippen LogP contribution in [0.1, 0.15) is 5.56 Å². The van der Waals surface area contributed by atoms with Gasteiger partial charge < -0.3 is 15.4 Å². The van der Waals surface area contributed by atoms with Crippen molar-refractivity contribution in [3.8, 4) is 5.75 Å². The van der Waals surface area contributed by atoms with Gasteiger partial charge in [-0.2, -0.15) is 0 Å². The molecule has 19 heavy (non-hydrogen) atoms. The van der Waals surface area contributed by atoms with Crippen LogP contribution in [0.15, 0.2) is 42.5 Å². The zero-order chi connectivity index (χ0) is 13.8. The third-order valence-corrected chi connectivity index (χ3v) is 3.26. The van der Waals surface area contributed by atoms with Crippen molar-refractivity contribution in [3.05, 3.63) is 53.1 Å². The quantitative estimate of drug-likeness (QED) is 0.868. The Bertz CT molecular complexity index is 555. The Labute approximate surface area is 118 Å². The first-order chi connectivity index (χ1) is 9.10. The number of methoxy groups -OCH3 is 1. The van der Waals surface area contributed by atoms with Crippen molar-refractivity contribution in [2.24, 2.45) is 0 Å². The number of hydrogen-bond acceptors (Lipinski definition) is 3. The van der Waals surface area contributed by atoms with Crippen LogP contribution in [-0.2, 0) is 6.54 Å². The van der Waals surface area contributed by atoms with Gasteiger partial charge in [-0.15, -0.1) is 0 Å². The van der Waals surface area contributed by atoms with Gasteiger partial charge in [0.15, 0.2) is 0 Å². The molecule has 0 saturated heterocycles. The molecule has 100 valence electrons. The highest BCUT2D eigenvalue weighted by Gasteiger charge is 2.05. The molecule has 2 aromatic rings. The summed E-state index contributed by atoms with van der Waals surface area (Å²) in [5.41, 5.74) is 8.84. The largest absolute Gasteiger partial charge is 0.497 e. The van der Waals surface area contributed by atoms with Crippen molar-refractivity contribution in [3.63, 3.8) is 0 Å². The Morgan fingerprint density at radius 3 is 2.42 bits per heavy atom. The van der Waals surface area contributed by atoms with E-state index in [1.807, 2.05) is 43.4 Å². The number of nitrogens with two attached hydrogens (primary N) is 1. The maximum Gasteiger partial charge on any atom is 0.119 e. The molecule has 0 bridgehead atoms. The Balaban J connectivity index is 2.13. The van der Waals surface area contributed by atoms with E-state index in [0.29, 0.717) is 10.7 Å². The minimum Gasteiger partial charge on any atom is -0.497 e. The number of nitrogen functional groups attached to an aromatic ring is 1. The third kappa shape index (κ3) is 3.32. The summed E-state index contributed by atoms with van der Waals surface area (Å²) >= 11 is 5.90. The van der Waals surface area contributed by atoms with Crippen molar-refractivity contribution in [2.45, 2.75) is 6.54 Å². The average Bonchev–Trinajstić information content (AvgIpc) is 2.42. The van der Waals surface area contributed by atoms with E-state index in [4.69, 9.17) is 22.1 Å². The van der Waals surface area contributed by atoms with E-state index in [9.17, 15) is 0 Å². The van der Waals surface area contributed by atoms with E-state index >= 15 is 0 Å². The predicted octanol–water partition coefficient (Wildman–Crippen LogP) is 3.57. The summed E-state index contributed by atoms with van der Waals surface area (Å²) in [5, 5.41) is 0.661. The second-order valence-electron chi connectivity index (χ2n) is 4.40. The normalized spacial score (nSPS) is 10.3. The van der Waals surface area contributed by atoms with Crippen molar-refractivity contribution in [2.75, 3.05) is 24.8 Å². The van der Waals surface area contributed by atoms with Gasteiger partial charge in [0.25, 0.3) is 0 Å². The first kappa shape index (κ1) is 13.6. The highest BCUT2D eigenvalue weighted by atomic mass is 35.5. The Morgan fingerprint density at radius 1 is 1.16 bits per heavy atom. The van der Waals surface area contributed by atoms with E-state index in [0.717, 1.165) is 23.5 Å². The smallest absolute Gasteiger partial charge is 0.119 e. The lowest BCUT2D eigenvalue weighted by Gasteiger charge is -2.20. The highest BCUT2D eigenvalue weighted by Crippen LogP contribution is 2.23. The first-order valence-electron chi connectivity index (χ1n) is 5.99. The molecule has 0 saturated carbocycles. The predicted molar refractivity (Wildman–Crippen MR) is 81.0 cm³/mol. The van der Waals surface area contributed by atoms with Gasteiger partial charge >= 0.3 is 0 Å². The van der Waals surface area contributed by atoms with Gasteiger partial charge in [0.05, 0.1) is 7.11 Å². The summed E-state index contributed by atoms with van der Waals surface area (Å²) in [4.78, 5) is 2.12. The highest BCUT2D eigenvalue weighted by molar-refractivity contribution is 6.30. The summed E-state index contributed by atoms with van der Waals surface area (Å²) in [7, 11) is 3.68. The lowest BCUT2D eigenvalue weighted by atomic mass is 10.1. The maximum atomic E-state index is 5.96. The van der Waals surface area contributed by atoms with Crippen LogP contribution in [0.25, 0.3) is 0 Å². The minimum atomic E-state index is 0.661. The molecule has 0 aliphatic rings. The van der Waals surface area contributed by atoms with Crippen LogP contribution in [0, 0.1) is 0 Å². The van der Waals surface area contributed by atoms with Crippen molar-refractivity contribution in [1.29, 1.82) is 0 Å². The molecule has 0 aliphatic heterocycles. The van der Waals surface area contributed by atoms with Gasteiger partial charge in [0.2, 0.25) is 0 Å². The summed E-state index contributed by atoms with van der Waals surface area (Å²) in [5.74, 6) is 0.850. The second-order valence-corrected chi connectivity index (χ2v) is 4.83. The fraction of sp³-hybridized carbons (Fsp3) is 0.200. The standard InChI is InChI=1S/C15H17ClN2O/c1-18(13-5-7-14(19-2)8-6-13)10-11-3-4-12(16)9-15(11)17/h3-9H,10,17H2,1-2H3. The molecule has 2 aromatic carbocycles. The van der Waals surface area contributed by atoms with E-state index < -0.39 is 0 Å². The maximum absolute atomic E-state index is 5.96. The lowest BCUT2D eigenvalue weighted by molar-refractivity contribution is 0.415. The third-order valence-electron chi connectivity index (χ3n) is 3.03. The molecule has 2 N–H and O–H groups in total. The Hall–Kier alpha value is -1.87. The van der Waals surface area contributed by atoms with Gasteiger partial charge in [-0.3, -0.25) is 0 Å². The molecule has 3 nitrogen and oxygen atoms in total. The van der Waals surface area contributed by atoms with Gasteiger partial charge in [0.1, 0.15) is 5.75 Å². The Kier molecular flexibility index (Phi) is 4.17. The number of anilines is 2. The van der Waals surface area contributed by atoms with Gasteiger partial charge in [-0.25, -0.2) is 0 Å². The molecule has 0 fully saturated rings. The summed E-state index contributed by atoms with van der Waals surface area (Å²) in [6, 6.07) is 13.5. The van der Waals surface area contributed by atoms with Gasteiger partial charge in [-0.05, 0) is 42.0 Å². The van der Waals surface area contributed by atoms with Crippen molar-refractivity contribution in [1.82, 2.24) is 0 Å². The summed E-state index contributed by atoms with van der Waals surface area (Å²) < 4.78 is 5.15. The molecule has 0 atom stereocenters. The molecular weight excluding hydrogens is 260 g/mol. The number of ether oxygens (including phenoxy) is 1. The SMILES string of the molecule is COc1ccc(N(C)Cc2ccc(Cl)cc2N)cc1. The minimum absolute atomic E-state index is 0.661. The fourth-order valence-corrected chi connectivity index (χ4v) is 2.07. The molecular formula is C15H17ClN2O. The number of rotatable bonds is 4. The van der Waals surface area contributed by atoms with E-state index in [1.165, 1.54) is 0 Å². The molecule has 4 heteroatoms. The zero-order valence-corrected chi connectivity index (χ0v) is 11.8. The summed E-state index contributed by atoms with van der Waals surface area (Å²) in [6.07, 6.45) is 0. The molecule has 0 radical (unpaired) electrons. The van der Waals surface area contributed by atoms with Crippen LogP contribution in [0.5, 0.6) is 5.75 Å². The molecule has 0 spiro atoms. The van der Waals surface area contributed by atoms with E-state index in [-0.39, 0.29) is 0 Å². The van der Waals surface area contributed by atoms with Crippen LogP contribution >= 0.6 is 11.6 Å².